The minimum absolute atomic E-state index is 0.160. The van der Waals surface area contributed by atoms with Crippen LogP contribution in [0, 0.1) is 0 Å². The molecule has 0 aliphatic carbocycles. The topological polar surface area (TPSA) is 141 Å². The van der Waals surface area contributed by atoms with Crippen LogP contribution in [-0.4, -0.2) is 48.1 Å². The van der Waals surface area contributed by atoms with Crippen LogP contribution in [-0.2, 0) is 19.2 Å². The Kier molecular flexibility index (Phi) is 5.17. The fourth-order valence-corrected chi connectivity index (χ4v) is 2.05. The van der Waals surface area contributed by atoms with Crippen LogP contribution in [0.15, 0.2) is 10.2 Å². The van der Waals surface area contributed by atoms with Crippen LogP contribution in [0.1, 0.15) is 25.7 Å². The van der Waals surface area contributed by atoms with Gasteiger partial charge in [-0.2, -0.15) is 10.2 Å². The lowest BCUT2D eigenvalue weighted by atomic mass is 10.2. The van der Waals surface area contributed by atoms with E-state index in [0.29, 0.717) is 25.7 Å². The first kappa shape index (κ1) is 15.6. The van der Waals surface area contributed by atoms with Crippen molar-refractivity contribution in [1.82, 2.24) is 21.5 Å². The van der Waals surface area contributed by atoms with Crippen molar-refractivity contribution in [2.24, 2.45) is 10.2 Å². The molecule has 0 aromatic carbocycles. The number of hydrogen-bond donors (Lipinski definition) is 4. The van der Waals surface area contributed by atoms with Gasteiger partial charge < -0.3 is 10.6 Å². The summed E-state index contributed by atoms with van der Waals surface area (Å²) in [4.78, 5) is 45.0. The molecule has 0 spiro atoms. The van der Waals surface area contributed by atoms with Gasteiger partial charge in [-0.25, -0.2) is 10.9 Å². The Morgan fingerprint density at radius 1 is 0.909 bits per heavy atom. The number of nitrogens with one attached hydrogen (secondary N) is 4. The van der Waals surface area contributed by atoms with Crippen LogP contribution in [0.5, 0.6) is 0 Å². The predicted molar refractivity (Wildman–Crippen MR) is 75.6 cm³/mol. The number of carbonyl (C=O) groups is 4. The summed E-state index contributed by atoms with van der Waals surface area (Å²) < 4.78 is 0. The van der Waals surface area contributed by atoms with Gasteiger partial charge in [0.25, 0.3) is 11.8 Å². The molecule has 2 heterocycles. The van der Waals surface area contributed by atoms with E-state index in [4.69, 9.17) is 0 Å². The highest BCUT2D eigenvalue weighted by molar-refractivity contribution is 6.16. The zero-order chi connectivity index (χ0) is 15.9. The molecule has 2 atom stereocenters. The molecule has 10 heteroatoms. The van der Waals surface area contributed by atoms with Crippen LogP contribution in [0.25, 0.3) is 0 Å². The molecular weight excluding hydrogens is 292 g/mol. The lowest BCUT2D eigenvalue weighted by Gasteiger charge is -2.06. The van der Waals surface area contributed by atoms with Crippen LogP contribution in [0.3, 0.4) is 0 Å². The van der Waals surface area contributed by atoms with Gasteiger partial charge in [0.15, 0.2) is 0 Å². The van der Waals surface area contributed by atoms with E-state index in [0.717, 1.165) is 0 Å². The summed E-state index contributed by atoms with van der Waals surface area (Å²) in [6, 6.07) is -1.13. The van der Waals surface area contributed by atoms with Gasteiger partial charge >= 0.3 is 0 Å². The molecule has 2 saturated heterocycles. The first-order chi connectivity index (χ1) is 10.6. The molecule has 10 nitrogen and oxygen atoms in total. The fraction of sp³-hybridized carbons (Fsp3) is 0.500. The standard InChI is InChI=1S/C12H16N6O4/c19-9-3-1-7(15-9)11(21)17-13-5-6-14-18-12(22)8-2-4-10(20)16-8/h5-8H,1-4H2,(H,15,19)(H,16,20)(H,17,21)(H,18,22)/b13-5-,14-6-/t7-,8-/m0/s1. The summed E-state index contributed by atoms with van der Waals surface area (Å²) in [7, 11) is 0. The smallest absolute Gasteiger partial charge is 0.262 e. The molecule has 0 aromatic heterocycles. The molecule has 4 N–H and O–H groups in total. The summed E-state index contributed by atoms with van der Waals surface area (Å²) in [6.45, 7) is 0. The van der Waals surface area contributed by atoms with E-state index in [2.05, 4.69) is 31.7 Å². The summed E-state index contributed by atoms with van der Waals surface area (Å²) in [5, 5.41) is 12.2. The molecule has 2 rings (SSSR count). The van der Waals surface area contributed by atoms with Gasteiger partial charge in [0.1, 0.15) is 12.1 Å². The van der Waals surface area contributed by atoms with Gasteiger partial charge in [0.05, 0.1) is 12.4 Å². The highest BCUT2D eigenvalue weighted by atomic mass is 16.2. The third kappa shape index (κ3) is 4.36. The maximum atomic E-state index is 11.5. The summed E-state index contributed by atoms with van der Waals surface area (Å²) in [6.07, 6.45) is 3.90. The van der Waals surface area contributed by atoms with Crippen molar-refractivity contribution in [3.63, 3.8) is 0 Å². The number of rotatable bonds is 5. The van der Waals surface area contributed by atoms with Crippen molar-refractivity contribution in [3.8, 4) is 0 Å². The maximum Gasteiger partial charge on any atom is 0.262 e. The Hall–Kier alpha value is -2.78. The Morgan fingerprint density at radius 3 is 1.64 bits per heavy atom. The van der Waals surface area contributed by atoms with Crippen LogP contribution in [0.2, 0.25) is 0 Å². The Morgan fingerprint density at radius 2 is 1.32 bits per heavy atom. The number of hydrogen-bond acceptors (Lipinski definition) is 6. The molecule has 2 aliphatic heterocycles. The van der Waals surface area contributed by atoms with Crippen molar-refractivity contribution in [3.05, 3.63) is 0 Å². The number of nitrogens with zero attached hydrogens (tertiary/aromatic N) is 2. The largest absolute Gasteiger partial charge is 0.344 e. The van der Waals surface area contributed by atoms with E-state index < -0.39 is 23.9 Å². The van der Waals surface area contributed by atoms with Gasteiger partial charge in [-0.1, -0.05) is 0 Å². The maximum absolute atomic E-state index is 11.5. The molecule has 2 aliphatic rings. The second-order valence-electron chi connectivity index (χ2n) is 4.83. The summed E-state index contributed by atoms with van der Waals surface area (Å²) in [5.74, 6) is -1.14. The lowest BCUT2D eigenvalue weighted by molar-refractivity contribution is -0.125. The SMILES string of the molecule is O=C1CC[C@@H](C(=O)N/N=C\C=N/NC(=O)[C@@H]2CCC(=O)N2)N1. The number of carbonyl (C=O) groups excluding carboxylic acids is 4. The number of amides is 4. The minimum Gasteiger partial charge on any atom is -0.344 e. The fourth-order valence-electron chi connectivity index (χ4n) is 2.05. The van der Waals surface area contributed by atoms with Crippen molar-refractivity contribution in [1.29, 1.82) is 0 Å². The van der Waals surface area contributed by atoms with Crippen molar-refractivity contribution >= 4 is 36.1 Å². The zero-order valence-corrected chi connectivity index (χ0v) is 11.7. The lowest BCUT2D eigenvalue weighted by Crippen LogP contribution is -2.39. The third-order valence-electron chi connectivity index (χ3n) is 3.19. The van der Waals surface area contributed by atoms with Gasteiger partial charge in [-0.15, -0.1) is 0 Å². The predicted octanol–water partition coefficient (Wildman–Crippen LogP) is -2.25. The molecule has 0 aromatic rings. The summed E-state index contributed by atoms with van der Waals surface area (Å²) in [5.41, 5.74) is 4.50. The number of hydrazone groups is 2. The van der Waals surface area contributed by atoms with Gasteiger partial charge in [-0.05, 0) is 12.8 Å². The van der Waals surface area contributed by atoms with Crippen molar-refractivity contribution in [2.75, 3.05) is 0 Å². The highest BCUT2D eigenvalue weighted by Crippen LogP contribution is 2.06. The summed E-state index contributed by atoms with van der Waals surface area (Å²) >= 11 is 0. The molecule has 0 radical (unpaired) electrons. The van der Waals surface area contributed by atoms with E-state index >= 15 is 0 Å². The average Bonchev–Trinajstić information content (AvgIpc) is 3.11. The molecular formula is C12H16N6O4. The first-order valence-corrected chi connectivity index (χ1v) is 6.79. The molecule has 0 bridgehead atoms. The second-order valence-corrected chi connectivity index (χ2v) is 4.83. The molecule has 22 heavy (non-hydrogen) atoms. The van der Waals surface area contributed by atoms with E-state index in [1.165, 1.54) is 12.4 Å². The second kappa shape index (κ2) is 7.29. The molecule has 2 fully saturated rings. The Balaban J connectivity index is 1.64. The van der Waals surface area contributed by atoms with E-state index in [1.54, 1.807) is 0 Å². The first-order valence-electron chi connectivity index (χ1n) is 6.79. The average molecular weight is 308 g/mol. The van der Waals surface area contributed by atoms with Gasteiger partial charge in [0.2, 0.25) is 11.8 Å². The quantitative estimate of drug-likeness (QED) is 0.336. The van der Waals surface area contributed by atoms with Crippen LogP contribution >= 0.6 is 0 Å². The molecule has 118 valence electrons. The molecule has 0 unspecified atom stereocenters. The monoisotopic (exact) mass is 308 g/mol. The van der Waals surface area contributed by atoms with Crippen LogP contribution < -0.4 is 21.5 Å². The molecule has 0 saturated carbocycles. The minimum atomic E-state index is -0.563. The Labute approximate surface area is 125 Å². The van der Waals surface area contributed by atoms with Gasteiger partial charge in [0, 0.05) is 12.8 Å². The van der Waals surface area contributed by atoms with Crippen molar-refractivity contribution in [2.45, 2.75) is 37.8 Å². The van der Waals surface area contributed by atoms with Gasteiger partial charge in [-0.3, -0.25) is 19.2 Å². The van der Waals surface area contributed by atoms with Crippen molar-refractivity contribution < 1.29 is 19.2 Å². The van der Waals surface area contributed by atoms with E-state index in [9.17, 15) is 19.2 Å². The normalized spacial score (nSPS) is 24.5. The third-order valence-corrected chi connectivity index (χ3v) is 3.19. The molecule has 4 amide bonds. The Bertz CT molecular complexity index is 496. The van der Waals surface area contributed by atoms with E-state index in [-0.39, 0.29) is 11.8 Å². The van der Waals surface area contributed by atoms with E-state index in [1.807, 2.05) is 0 Å². The highest BCUT2D eigenvalue weighted by Gasteiger charge is 2.27. The van der Waals surface area contributed by atoms with Crippen LogP contribution in [0.4, 0.5) is 0 Å². The zero-order valence-electron chi connectivity index (χ0n) is 11.7.